The zero-order valence-electron chi connectivity index (χ0n) is 19.4. The van der Waals surface area contributed by atoms with Crippen molar-refractivity contribution in [2.24, 2.45) is 0 Å². The number of anilines is 2. The van der Waals surface area contributed by atoms with E-state index in [0.717, 1.165) is 16.2 Å². The number of aryl methyl sites for hydroxylation is 1. The summed E-state index contributed by atoms with van der Waals surface area (Å²) in [6.45, 7) is 4.59. The number of esters is 2. The summed E-state index contributed by atoms with van der Waals surface area (Å²) in [4.78, 5) is 62.9. The highest BCUT2D eigenvalue weighted by atomic mass is 32.1. The third kappa shape index (κ3) is 5.13. The number of fused-ring (bicyclic) bond motifs is 1. The molecule has 1 aliphatic heterocycles. The van der Waals surface area contributed by atoms with Gasteiger partial charge in [-0.1, -0.05) is 11.3 Å². The molecule has 1 aliphatic rings. The fraction of sp³-hybridized carbons (Fsp3) is 0.208. The quantitative estimate of drug-likeness (QED) is 0.376. The van der Waals surface area contributed by atoms with Crippen molar-refractivity contribution in [1.29, 1.82) is 0 Å². The maximum Gasteiger partial charge on any atom is 0.338 e. The third-order valence-corrected chi connectivity index (χ3v) is 5.73. The number of hydrogen-bond donors (Lipinski definition) is 1. The van der Waals surface area contributed by atoms with Crippen molar-refractivity contribution < 1.29 is 33.4 Å². The first kappa shape index (κ1) is 24.7. The summed E-state index contributed by atoms with van der Waals surface area (Å²) in [6.07, 6.45) is -0.255. The Bertz CT molecular complexity index is 1380. The minimum absolute atomic E-state index is 0.00557. The third-order valence-electron chi connectivity index (χ3n) is 4.91. The molecular weight excluding hydrogens is 488 g/mol. The number of ether oxygens (including phenoxy) is 2. The summed E-state index contributed by atoms with van der Waals surface area (Å²) in [6, 6.07) is 9.98. The molecule has 0 unspecified atom stereocenters. The van der Waals surface area contributed by atoms with Crippen LogP contribution < -0.4 is 10.2 Å². The van der Waals surface area contributed by atoms with Crippen molar-refractivity contribution in [3.05, 3.63) is 69.7 Å². The fourth-order valence-corrected chi connectivity index (χ4v) is 3.99. The minimum Gasteiger partial charge on any atom is -0.459 e. The van der Waals surface area contributed by atoms with Crippen molar-refractivity contribution >= 4 is 51.8 Å². The molecule has 3 aromatic rings. The normalized spacial score (nSPS) is 12.5. The Hall–Kier alpha value is -4.45. The van der Waals surface area contributed by atoms with E-state index in [1.54, 1.807) is 20.8 Å². The first-order chi connectivity index (χ1) is 17.1. The second-order valence-corrected chi connectivity index (χ2v) is 9.13. The second-order valence-electron chi connectivity index (χ2n) is 7.97. The molecule has 0 radical (unpaired) electrons. The molecule has 0 fully saturated rings. The first-order valence-corrected chi connectivity index (χ1v) is 11.6. The number of amides is 3. The van der Waals surface area contributed by atoms with Crippen molar-refractivity contribution in [3.8, 4) is 0 Å². The molecule has 184 valence electrons. The smallest absolute Gasteiger partial charge is 0.338 e. The highest BCUT2D eigenvalue weighted by molar-refractivity contribution is 7.15. The summed E-state index contributed by atoms with van der Waals surface area (Å²) in [5.41, 5.74) is 0.889. The van der Waals surface area contributed by atoms with Gasteiger partial charge >= 0.3 is 11.9 Å². The zero-order valence-corrected chi connectivity index (χ0v) is 20.3. The van der Waals surface area contributed by atoms with E-state index in [2.05, 4.69) is 15.5 Å². The number of hydrogen-bond acceptors (Lipinski definition) is 10. The van der Waals surface area contributed by atoms with Crippen LogP contribution in [0.15, 0.2) is 42.5 Å². The van der Waals surface area contributed by atoms with Crippen molar-refractivity contribution in [1.82, 2.24) is 10.2 Å². The highest BCUT2D eigenvalue weighted by Gasteiger charge is 2.39. The van der Waals surface area contributed by atoms with E-state index >= 15 is 0 Å². The fourth-order valence-electron chi connectivity index (χ4n) is 3.30. The van der Waals surface area contributed by atoms with Crippen LogP contribution in [0.3, 0.4) is 0 Å². The summed E-state index contributed by atoms with van der Waals surface area (Å²) in [5, 5.41) is 10.9. The Morgan fingerprint density at radius 2 is 1.61 bits per heavy atom. The number of carbonyl (C=O) groups excluding carboxylic acids is 5. The van der Waals surface area contributed by atoms with Crippen molar-refractivity contribution in [3.63, 3.8) is 0 Å². The van der Waals surface area contributed by atoms with Gasteiger partial charge in [0.1, 0.15) is 5.01 Å². The Morgan fingerprint density at radius 3 is 2.25 bits per heavy atom. The number of rotatable bonds is 7. The van der Waals surface area contributed by atoms with Gasteiger partial charge < -0.3 is 14.8 Å². The highest BCUT2D eigenvalue weighted by Crippen LogP contribution is 2.31. The van der Waals surface area contributed by atoms with Gasteiger partial charge in [0.05, 0.1) is 28.4 Å². The number of nitrogens with zero attached hydrogens (tertiary/aromatic N) is 3. The predicted molar refractivity (Wildman–Crippen MR) is 128 cm³/mol. The van der Waals surface area contributed by atoms with Gasteiger partial charge in [0.2, 0.25) is 5.13 Å². The lowest BCUT2D eigenvalue weighted by molar-refractivity contribution is -0.119. The lowest BCUT2D eigenvalue weighted by atomic mass is 10.1. The SMILES string of the molecule is Cc1nnc(N2C(=O)c3ccc(C(=O)OCC(=O)Nc4ccc(C(=O)OC(C)C)cc4)cc3C2=O)s1. The van der Waals surface area contributed by atoms with Gasteiger partial charge in [0.25, 0.3) is 17.7 Å². The molecule has 36 heavy (non-hydrogen) atoms. The van der Waals surface area contributed by atoms with E-state index < -0.39 is 36.3 Å². The van der Waals surface area contributed by atoms with E-state index in [9.17, 15) is 24.0 Å². The molecule has 0 atom stereocenters. The molecule has 11 nitrogen and oxygen atoms in total. The van der Waals surface area contributed by atoms with Crippen LogP contribution >= 0.6 is 11.3 Å². The van der Waals surface area contributed by atoms with E-state index in [4.69, 9.17) is 9.47 Å². The first-order valence-electron chi connectivity index (χ1n) is 10.7. The number of carbonyl (C=O) groups is 5. The molecule has 0 saturated heterocycles. The number of nitrogens with one attached hydrogen (secondary N) is 1. The maximum atomic E-state index is 12.8. The van der Waals surface area contributed by atoms with Crippen LogP contribution in [0, 0.1) is 6.92 Å². The van der Waals surface area contributed by atoms with Crippen LogP contribution in [0.2, 0.25) is 0 Å². The van der Waals surface area contributed by atoms with Gasteiger partial charge in [-0.05, 0) is 63.2 Å². The molecule has 2 aromatic carbocycles. The minimum atomic E-state index is -0.842. The van der Waals surface area contributed by atoms with Gasteiger partial charge in [-0.25, -0.2) is 14.5 Å². The summed E-state index contributed by atoms with van der Waals surface area (Å²) in [7, 11) is 0. The molecule has 4 rings (SSSR count). The van der Waals surface area contributed by atoms with Gasteiger partial charge in [0, 0.05) is 5.69 Å². The molecule has 12 heteroatoms. The summed E-state index contributed by atoms with van der Waals surface area (Å²) >= 11 is 1.09. The van der Waals surface area contributed by atoms with Crippen LogP contribution in [-0.2, 0) is 14.3 Å². The van der Waals surface area contributed by atoms with Crippen LogP contribution in [-0.4, -0.2) is 52.6 Å². The van der Waals surface area contributed by atoms with Crippen LogP contribution in [0.25, 0.3) is 0 Å². The Kier molecular flexibility index (Phi) is 6.88. The molecule has 0 bridgehead atoms. The monoisotopic (exact) mass is 508 g/mol. The largest absolute Gasteiger partial charge is 0.459 e. The maximum absolute atomic E-state index is 12.8. The standard InChI is InChI=1S/C24H20N4O7S/c1-12(2)35-23(33)14-4-7-16(8-5-14)25-19(29)11-34-22(32)15-6-9-17-18(10-15)21(31)28(20(17)30)24-27-26-13(3)36-24/h4-10,12H,11H2,1-3H3,(H,25,29). The number of imide groups is 1. The van der Waals surface area contributed by atoms with E-state index in [0.29, 0.717) is 16.3 Å². The average Bonchev–Trinajstić information content (AvgIpc) is 3.37. The van der Waals surface area contributed by atoms with Crippen LogP contribution in [0.1, 0.15) is 60.3 Å². The van der Waals surface area contributed by atoms with E-state index in [1.807, 2.05) is 0 Å². The van der Waals surface area contributed by atoms with Gasteiger partial charge in [-0.15, -0.1) is 10.2 Å². The van der Waals surface area contributed by atoms with E-state index in [-0.39, 0.29) is 27.9 Å². The molecule has 1 N–H and O–H groups in total. The van der Waals surface area contributed by atoms with Gasteiger partial charge in [-0.2, -0.15) is 0 Å². The molecular formula is C24H20N4O7S. The lowest BCUT2D eigenvalue weighted by Gasteiger charge is -2.09. The number of aromatic nitrogens is 2. The second kappa shape index (κ2) is 10.0. The van der Waals surface area contributed by atoms with E-state index in [1.165, 1.54) is 42.5 Å². The van der Waals surface area contributed by atoms with Gasteiger partial charge in [-0.3, -0.25) is 14.4 Å². The Balaban J connectivity index is 1.36. The zero-order chi connectivity index (χ0) is 26.0. The van der Waals surface area contributed by atoms with Crippen molar-refractivity contribution in [2.45, 2.75) is 26.9 Å². The van der Waals surface area contributed by atoms with Crippen LogP contribution in [0.4, 0.5) is 10.8 Å². The topological polar surface area (TPSA) is 145 Å². The number of benzene rings is 2. The molecule has 0 aliphatic carbocycles. The molecule has 0 saturated carbocycles. The Morgan fingerprint density at radius 1 is 0.944 bits per heavy atom. The molecule has 3 amide bonds. The summed E-state index contributed by atoms with van der Waals surface area (Å²) < 4.78 is 10.2. The lowest BCUT2D eigenvalue weighted by Crippen LogP contribution is -2.29. The summed E-state index contributed by atoms with van der Waals surface area (Å²) in [5.74, 6) is -3.11. The molecule has 1 aromatic heterocycles. The van der Waals surface area contributed by atoms with Crippen molar-refractivity contribution in [2.75, 3.05) is 16.8 Å². The molecule has 0 spiro atoms. The van der Waals surface area contributed by atoms with Crippen LogP contribution in [0.5, 0.6) is 0 Å². The molecule has 2 heterocycles. The predicted octanol–water partition coefficient (Wildman–Crippen LogP) is 3.01. The average molecular weight is 509 g/mol. The van der Waals surface area contributed by atoms with Gasteiger partial charge in [0.15, 0.2) is 6.61 Å². The Labute approximate surface area is 209 Å².